The molecule has 0 unspecified atom stereocenters. The van der Waals surface area contributed by atoms with Crippen molar-refractivity contribution in [2.75, 3.05) is 13.2 Å². The van der Waals surface area contributed by atoms with Gasteiger partial charge in [-0.25, -0.2) is 0 Å². The smallest absolute Gasteiger partial charge is 0.328 e. The van der Waals surface area contributed by atoms with Crippen molar-refractivity contribution < 1.29 is 28.5 Å². The number of carbonyl (C=O) groups is 1. The summed E-state index contributed by atoms with van der Waals surface area (Å²) in [5.74, 6) is 0.383. The Labute approximate surface area is 218 Å². The number of esters is 1. The first kappa shape index (κ1) is 24.5. The molecule has 3 aromatic rings. The third-order valence-corrected chi connectivity index (χ3v) is 6.73. The van der Waals surface area contributed by atoms with Crippen LogP contribution in [0.3, 0.4) is 0 Å². The van der Waals surface area contributed by atoms with E-state index in [4.69, 9.17) is 23.7 Å². The second-order valence-corrected chi connectivity index (χ2v) is 10.8. The number of fused-ring (bicyclic) bond motifs is 2. The van der Waals surface area contributed by atoms with Gasteiger partial charge in [0.15, 0.2) is 6.10 Å². The molecule has 0 bridgehead atoms. The van der Waals surface area contributed by atoms with E-state index in [1.807, 2.05) is 69.3 Å². The lowest BCUT2D eigenvalue weighted by Crippen LogP contribution is -2.35. The normalized spacial score (nSPS) is 24.0. The summed E-state index contributed by atoms with van der Waals surface area (Å²) in [7, 11) is 0. The van der Waals surface area contributed by atoms with Gasteiger partial charge in [-0.3, -0.25) is 9.48 Å². The van der Waals surface area contributed by atoms with Gasteiger partial charge >= 0.3 is 5.97 Å². The second kappa shape index (κ2) is 10.0. The van der Waals surface area contributed by atoms with Crippen molar-refractivity contribution in [3.8, 4) is 5.75 Å². The van der Waals surface area contributed by atoms with Crippen LogP contribution in [0.5, 0.6) is 5.75 Å². The molecular formula is C26H29IN2O6. The maximum absolute atomic E-state index is 12.3. The minimum Gasteiger partial charge on any atom is -0.485 e. The van der Waals surface area contributed by atoms with E-state index in [9.17, 15) is 4.79 Å². The number of ether oxygens (including phenoxy) is 5. The quantitative estimate of drug-likeness (QED) is 0.302. The molecule has 2 saturated heterocycles. The molecule has 186 valence electrons. The third-order valence-electron chi connectivity index (χ3n) is 5.93. The molecule has 3 heterocycles. The van der Waals surface area contributed by atoms with Crippen molar-refractivity contribution in [3.05, 3.63) is 57.8 Å². The van der Waals surface area contributed by atoms with Crippen molar-refractivity contribution in [2.45, 2.75) is 63.9 Å². The SMILES string of the molecule is CC(C)(C)OC(=O)Cn1nc(I)c2cc(O[C@@H]3CO[C@H]4[C@@H]3OC[C@H]4OCc3ccccc3)ccc21. The molecule has 0 spiro atoms. The lowest BCUT2D eigenvalue weighted by Gasteiger charge is -2.19. The van der Waals surface area contributed by atoms with Gasteiger partial charge in [-0.15, -0.1) is 0 Å². The maximum atomic E-state index is 12.3. The second-order valence-electron chi connectivity index (χ2n) is 9.80. The molecule has 2 aliphatic rings. The molecule has 2 aliphatic heterocycles. The Balaban J connectivity index is 1.22. The number of nitrogens with zero attached hydrogens (tertiary/aromatic N) is 2. The summed E-state index contributed by atoms with van der Waals surface area (Å²) in [5.41, 5.74) is 1.43. The monoisotopic (exact) mass is 592 g/mol. The van der Waals surface area contributed by atoms with Crippen molar-refractivity contribution in [3.63, 3.8) is 0 Å². The highest BCUT2D eigenvalue weighted by molar-refractivity contribution is 14.1. The van der Waals surface area contributed by atoms with Crippen molar-refractivity contribution >= 4 is 39.5 Å². The van der Waals surface area contributed by atoms with Gasteiger partial charge in [0.25, 0.3) is 0 Å². The van der Waals surface area contributed by atoms with E-state index in [0.29, 0.717) is 25.6 Å². The van der Waals surface area contributed by atoms with Crippen LogP contribution in [-0.2, 0) is 36.9 Å². The van der Waals surface area contributed by atoms with Crippen molar-refractivity contribution in [1.29, 1.82) is 0 Å². The van der Waals surface area contributed by atoms with E-state index in [0.717, 1.165) is 20.2 Å². The van der Waals surface area contributed by atoms with Gasteiger partial charge in [0, 0.05) is 5.39 Å². The zero-order valence-corrected chi connectivity index (χ0v) is 22.1. The highest BCUT2D eigenvalue weighted by atomic mass is 127. The summed E-state index contributed by atoms with van der Waals surface area (Å²) < 4.78 is 32.3. The van der Waals surface area contributed by atoms with E-state index in [2.05, 4.69) is 27.7 Å². The fourth-order valence-corrected chi connectivity index (χ4v) is 5.13. The minimum atomic E-state index is -0.538. The Bertz CT molecular complexity index is 1190. The third kappa shape index (κ3) is 5.63. The molecule has 0 radical (unpaired) electrons. The standard InChI is InChI=1S/C26H29IN2O6/c1-26(2,3)35-22(30)12-29-19-10-9-17(11-18(19)25(27)28-29)34-21-15-33-23-20(14-32-24(21)23)31-13-16-7-5-4-6-8-16/h4-11,20-21,23-24H,12-15H2,1-3H3/t20-,21-,23-,24-/m1/s1. The van der Waals surface area contributed by atoms with E-state index in [-0.39, 0.29) is 36.9 Å². The maximum Gasteiger partial charge on any atom is 0.328 e. The number of rotatable bonds is 7. The number of hydrogen-bond acceptors (Lipinski definition) is 7. The summed E-state index contributed by atoms with van der Waals surface area (Å²) >= 11 is 2.17. The van der Waals surface area contributed by atoms with Crippen LogP contribution >= 0.6 is 22.6 Å². The van der Waals surface area contributed by atoms with Crippen molar-refractivity contribution in [2.24, 2.45) is 0 Å². The lowest BCUT2D eigenvalue weighted by atomic mass is 10.1. The summed E-state index contributed by atoms with van der Waals surface area (Å²) in [4.78, 5) is 12.3. The molecule has 5 rings (SSSR count). The summed E-state index contributed by atoms with van der Waals surface area (Å²) in [6.07, 6.45) is -0.676. The van der Waals surface area contributed by atoms with Gasteiger partial charge in [0.1, 0.15) is 39.9 Å². The number of halogens is 1. The van der Waals surface area contributed by atoms with E-state index in [1.54, 1.807) is 4.68 Å². The lowest BCUT2D eigenvalue weighted by molar-refractivity contribution is -0.155. The molecule has 2 fully saturated rings. The Morgan fingerprint density at radius 3 is 2.54 bits per heavy atom. The van der Waals surface area contributed by atoms with E-state index in [1.165, 1.54) is 0 Å². The van der Waals surface area contributed by atoms with Crippen LogP contribution < -0.4 is 4.74 Å². The van der Waals surface area contributed by atoms with E-state index < -0.39 is 5.60 Å². The molecular weight excluding hydrogens is 563 g/mol. The Morgan fingerprint density at radius 2 is 1.80 bits per heavy atom. The van der Waals surface area contributed by atoms with Crippen molar-refractivity contribution in [1.82, 2.24) is 9.78 Å². The fourth-order valence-electron chi connectivity index (χ4n) is 4.43. The highest BCUT2D eigenvalue weighted by Crippen LogP contribution is 2.33. The average Bonchev–Trinajstić information content (AvgIpc) is 3.47. The predicted octanol–water partition coefficient (Wildman–Crippen LogP) is 4.11. The van der Waals surface area contributed by atoms with E-state index >= 15 is 0 Å². The molecule has 0 N–H and O–H groups in total. The topological polar surface area (TPSA) is 81.0 Å². The van der Waals surface area contributed by atoms with Crippen LogP contribution in [0.15, 0.2) is 48.5 Å². The first-order valence-electron chi connectivity index (χ1n) is 11.7. The molecule has 35 heavy (non-hydrogen) atoms. The summed E-state index contributed by atoms with van der Waals surface area (Å²) in [5, 5.41) is 5.44. The van der Waals surface area contributed by atoms with Crippen LogP contribution in [0.2, 0.25) is 0 Å². The number of hydrogen-bond donors (Lipinski definition) is 0. The van der Waals surface area contributed by atoms with Gasteiger partial charge in [0.2, 0.25) is 0 Å². The summed E-state index contributed by atoms with van der Waals surface area (Å²) in [6, 6.07) is 15.8. The number of benzene rings is 2. The Morgan fingerprint density at radius 1 is 1.09 bits per heavy atom. The van der Waals surface area contributed by atoms with Gasteiger partial charge < -0.3 is 23.7 Å². The van der Waals surface area contributed by atoms with Crippen LogP contribution in [0.25, 0.3) is 10.9 Å². The van der Waals surface area contributed by atoms with Crippen LogP contribution in [0.1, 0.15) is 26.3 Å². The molecule has 0 saturated carbocycles. The van der Waals surface area contributed by atoms with Crippen LogP contribution in [-0.4, -0.2) is 59.0 Å². The average molecular weight is 592 g/mol. The first-order valence-corrected chi connectivity index (χ1v) is 12.8. The zero-order valence-electron chi connectivity index (χ0n) is 20.0. The van der Waals surface area contributed by atoms with Gasteiger partial charge in [-0.2, -0.15) is 5.10 Å². The van der Waals surface area contributed by atoms with Gasteiger partial charge in [-0.05, 0) is 67.1 Å². The van der Waals surface area contributed by atoms with Gasteiger partial charge in [-0.1, -0.05) is 30.3 Å². The molecule has 9 heteroatoms. The largest absolute Gasteiger partial charge is 0.485 e. The zero-order chi connectivity index (χ0) is 24.6. The molecule has 4 atom stereocenters. The molecule has 0 amide bonds. The summed E-state index contributed by atoms with van der Waals surface area (Å²) in [6.45, 7) is 7.04. The minimum absolute atomic E-state index is 0.0510. The number of carbonyl (C=O) groups excluding carboxylic acids is 1. The Hall–Kier alpha value is -2.21. The first-order chi connectivity index (χ1) is 16.8. The molecule has 1 aromatic heterocycles. The predicted molar refractivity (Wildman–Crippen MR) is 137 cm³/mol. The number of aromatic nitrogens is 2. The Kier molecular flexibility index (Phi) is 7.02. The molecule has 0 aliphatic carbocycles. The van der Waals surface area contributed by atoms with Gasteiger partial charge in [0.05, 0.1) is 25.3 Å². The highest BCUT2D eigenvalue weighted by Gasteiger charge is 2.49. The molecule has 8 nitrogen and oxygen atoms in total. The fraction of sp³-hybridized carbons (Fsp3) is 0.462. The van der Waals surface area contributed by atoms with Crippen LogP contribution in [0, 0.1) is 3.70 Å². The molecule has 2 aromatic carbocycles. The van der Waals surface area contributed by atoms with Crippen LogP contribution in [0.4, 0.5) is 0 Å².